The van der Waals surface area contributed by atoms with Gasteiger partial charge in [-0.15, -0.1) is 0 Å². The molecule has 168 valence electrons. The lowest BCUT2D eigenvalue weighted by molar-refractivity contribution is -0.134. The molecule has 3 N–H and O–H groups in total. The number of rotatable bonds is 6. The van der Waals surface area contributed by atoms with Crippen molar-refractivity contribution in [2.24, 2.45) is 0 Å². The molecule has 0 saturated carbocycles. The van der Waals surface area contributed by atoms with Crippen molar-refractivity contribution in [3.63, 3.8) is 0 Å². The number of fused-ring (bicyclic) bond motifs is 1. The number of hydrogen-bond acceptors (Lipinski definition) is 7. The summed E-state index contributed by atoms with van der Waals surface area (Å²) < 4.78 is 23.0. The minimum atomic E-state index is -1.26. The average molecular weight is 437 g/mol. The van der Waals surface area contributed by atoms with Gasteiger partial charge in [0.05, 0.1) is 12.8 Å². The van der Waals surface area contributed by atoms with Gasteiger partial charge in [0.15, 0.2) is 5.58 Å². The fraction of sp³-hybridized carbons (Fsp3) is 0.400. The number of benzene rings is 1. The summed E-state index contributed by atoms with van der Waals surface area (Å²) in [6.45, 7) is 3.24. The number of carboxylic acids is 2. The van der Waals surface area contributed by atoms with Crippen LogP contribution in [0.4, 0.5) is 9.18 Å². The summed E-state index contributed by atoms with van der Waals surface area (Å²) >= 11 is 0. The molecule has 10 nitrogen and oxygen atoms in total. The highest BCUT2D eigenvalue weighted by atomic mass is 19.1. The number of likely N-dealkylation sites (tertiary alicyclic amines) is 1. The van der Waals surface area contributed by atoms with Crippen LogP contribution in [-0.4, -0.2) is 71.6 Å². The molecule has 1 aromatic carbocycles. The van der Waals surface area contributed by atoms with Crippen molar-refractivity contribution in [2.75, 3.05) is 33.3 Å². The number of halogens is 1. The highest BCUT2D eigenvalue weighted by Gasteiger charge is 2.25. The molecule has 1 saturated heterocycles. The van der Waals surface area contributed by atoms with Crippen molar-refractivity contribution in [3.05, 3.63) is 41.9 Å². The topological polar surface area (TPSA) is 142 Å². The van der Waals surface area contributed by atoms with Crippen molar-refractivity contribution >= 4 is 29.0 Å². The van der Waals surface area contributed by atoms with Crippen molar-refractivity contribution in [3.8, 4) is 0 Å². The lowest BCUT2D eigenvalue weighted by atomic mass is 9.91. The van der Waals surface area contributed by atoms with Crippen molar-refractivity contribution in [1.29, 1.82) is 0 Å². The van der Waals surface area contributed by atoms with E-state index in [0.717, 1.165) is 43.6 Å². The number of aliphatic carboxylic acids is 2. The van der Waals surface area contributed by atoms with E-state index in [4.69, 9.17) is 14.7 Å². The first-order valence-corrected chi connectivity index (χ1v) is 9.53. The molecule has 1 aliphatic heterocycles. The monoisotopic (exact) mass is 437 g/mol. The average Bonchev–Trinajstić information content (AvgIpc) is 3.16. The molecule has 0 atom stereocenters. The van der Waals surface area contributed by atoms with Gasteiger partial charge >= 0.3 is 18.0 Å². The molecular formula is C20H24FN3O7. The second-order valence-corrected chi connectivity index (χ2v) is 6.75. The Hall–Kier alpha value is -3.47. The second-order valence-electron chi connectivity index (χ2n) is 6.75. The first-order chi connectivity index (χ1) is 14.8. The zero-order chi connectivity index (χ0) is 22.8. The van der Waals surface area contributed by atoms with Crippen molar-refractivity contribution in [2.45, 2.75) is 18.8 Å². The third-order valence-electron chi connectivity index (χ3n) is 4.69. The van der Waals surface area contributed by atoms with E-state index >= 15 is 0 Å². The van der Waals surface area contributed by atoms with Crippen LogP contribution < -0.4 is 5.32 Å². The Morgan fingerprint density at radius 3 is 2.48 bits per heavy atom. The molecule has 0 bridgehead atoms. The molecule has 11 heteroatoms. The molecule has 3 rings (SSSR count). The number of nitrogens with one attached hydrogen (secondary N) is 1. The SMILES string of the molecule is COC(=O)NCCN1CCC(c2noc3cc(F)ccc23)CC1.O=C(O)C=CC(=O)O. The Balaban J connectivity index is 0.000000366. The van der Waals surface area contributed by atoms with E-state index in [9.17, 15) is 18.8 Å². The van der Waals surface area contributed by atoms with Gasteiger partial charge in [0.2, 0.25) is 0 Å². The summed E-state index contributed by atoms with van der Waals surface area (Å²) in [4.78, 5) is 32.4. The van der Waals surface area contributed by atoms with Crippen LogP contribution in [-0.2, 0) is 14.3 Å². The van der Waals surface area contributed by atoms with Crippen LogP contribution >= 0.6 is 0 Å². The zero-order valence-electron chi connectivity index (χ0n) is 16.9. The fourth-order valence-electron chi connectivity index (χ4n) is 3.19. The molecule has 2 aromatic rings. The summed E-state index contributed by atoms with van der Waals surface area (Å²) in [5, 5.41) is 23.4. The van der Waals surface area contributed by atoms with Crippen LogP contribution in [0, 0.1) is 5.82 Å². The molecular weight excluding hydrogens is 413 g/mol. The number of alkyl carbamates (subject to hydrolysis) is 1. The largest absolute Gasteiger partial charge is 0.478 e. The van der Waals surface area contributed by atoms with Gasteiger partial charge in [-0.05, 0) is 38.1 Å². The lowest BCUT2D eigenvalue weighted by Crippen LogP contribution is -2.39. The first kappa shape index (κ1) is 23.8. The fourth-order valence-corrected chi connectivity index (χ4v) is 3.19. The van der Waals surface area contributed by atoms with E-state index in [1.54, 1.807) is 6.07 Å². The number of aromatic nitrogens is 1. The Morgan fingerprint density at radius 2 is 1.90 bits per heavy atom. The Morgan fingerprint density at radius 1 is 1.26 bits per heavy atom. The van der Waals surface area contributed by atoms with Gasteiger partial charge in [-0.25, -0.2) is 18.8 Å². The van der Waals surface area contributed by atoms with Gasteiger partial charge in [0.25, 0.3) is 0 Å². The van der Waals surface area contributed by atoms with Gasteiger partial charge in [0, 0.05) is 42.6 Å². The number of carboxylic acid groups (broad SMARTS) is 2. The number of nitrogens with zero attached hydrogens (tertiary/aromatic N) is 2. The Labute approximate surface area is 177 Å². The minimum absolute atomic E-state index is 0.312. The number of hydrogen-bond donors (Lipinski definition) is 3. The van der Waals surface area contributed by atoms with Crippen LogP contribution in [0.2, 0.25) is 0 Å². The van der Waals surface area contributed by atoms with Crippen molar-refractivity contribution < 1.29 is 38.2 Å². The highest BCUT2D eigenvalue weighted by molar-refractivity contribution is 5.89. The van der Waals surface area contributed by atoms with Crippen molar-refractivity contribution in [1.82, 2.24) is 15.4 Å². The predicted molar refractivity (Wildman–Crippen MR) is 107 cm³/mol. The molecule has 1 aliphatic rings. The second kappa shape index (κ2) is 11.6. The van der Waals surface area contributed by atoms with Crippen LogP contribution in [0.5, 0.6) is 0 Å². The van der Waals surface area contributed by atoms with E-state index < -0.39 is 18.0 Å². The lowest BCUT2D eigenvalue weighted by Gasteiger charge is -2.31. The van der Waals surface area contributed by atoms with E-state index in [1.165, 1.54) is 19.2 Å². The van der Waals surface area contributed by atoms with Gasteiger partial charge in [-0.1, -0.05) is 5.16 Å². The third kappa shape index (κ3) is 7.70. The minimum Gasteiger partial charge on any atom is -0.478 e. The quantitative estimate of drug-likeness (QED) is 0.580. The Kier molecular flexibility index (Phi) is 8.94. The number of piperidine rings is 1. The van der Waals surface area contributed by atoms with Gasteiger partial charge < -0.3 is 29.7 Å². The third-order valence-corrected chi connectivity index (χ3v) is 4.69. The maximum atomic E-state index is 13.2. The number of carbonyl (C=O) groups excluding carboxylic acids is 1. The van der Waals surface area contributed by atoms with Crippen LogP contribution in [0.15, 0.2) is 34.9 Å². The van der Waals surface area contributed by atoms with Crippen LogP contribution in [0.1, 0.15) is 24.5 Å². The van der Waals surface area contributed by atoms with E-state index in [-0.39, 0.29) is 5.82 Å². The molecule has 0 unspecified atom stereocenters. The Bertz CT molecular complexity index is 920. The molecule has 0 spiro atoms. The van der Waals surface area contributed by atoms with Crippen LogP contribution in [0.3, 0.4) is 0 Å². The van der Waals surface area contributed by atoms with Gasteiger partial charge in [-0.3, -0.25) is 0 Å². The molecule has 1 fully saturated rings. The summed E-state index contributed by atoms with van der Waals surface area (Å²) in [6.07, 6.45) is 2.65. The smallest absolute Gasteiger partial charge is 0.406 e. The maximum absolute atomic E-state index is 13.2. The van der Waals surface area contributed by atoms with E-state index in [0.29, 0.717) is 30.2 Å². The first-order valence-electron chi connectivity index (χ1n) is 9.53. The highest BCUT2D eigenvalue weighted by Crippen LogP contribution is 2.32. The predicted octanol–water partition coefficient (Wildman–Crippen LogP) is 2.21. The number of ether oxygens (including phenoxy) is 1. The summed E-state index contributed by atoms with van der Waals surface area (Å²) in [6, 6.07) is 4.55. The standard InChI is InChI=1S/C16H20FN3O3.C4H4O4/c1-22-16(21)18-6-9-20-7-4-11(5-8-20)15-13-3-2-12(17)10-14(13)23-19-15;5-3(6)1-2-4(7)8/h2-3,10-11H,4-9H2,1H3,(H,18,21);1-2H,(H,5,6)(H,7,8). The summed E-state index contributed by atoms with van der Waals surface area (Å²) in [7, 11) is 1.36. The van der Waals surface area contributed by atoms with Gasteiger partial charge in [0.1, 0.15) is 5.82 Å². The van der Waals surface area contributed by atoms with E-state index in [2.05, 4.69) is 20.1 Å². The van der Waals surface area contributed by atoms with Gasteiger partial charge in [-0.2, -0.15) is 0 Å². The number of methoxy groups -OCH3 is 1. The number of carbonyl (C=O) groups is 3. The summed E-state index contributed by atoms with van der Waals surface area (Å²) in [5.41, 5.74) is 1.43. The molecule has 2 heterocycles. The molecule has 31 heavy (non-hydrogen) atoms. The molecule has 1 amide bonds. The maximum Gasteiger partial charge on any atom is 0.406 e. The summed E-state index contributed by atoms with van der Waals surface area (Å²) in [5.74, 6) is -2.50. The zero-order valence-corrected chi connectivity index (χ0v) is 16.9. The number of amides is 1. The van der Waals surface area contributed by atoms with Crippen LogP contribution in [0.25, 0.3) is 11.0 Å². The normalized spacial score (nSPS) is 14.8. The molecule has 1 aromatic heterocycles. The van der Waals surface area contributed by atoms with E-state index in [1.807, 2.05) is 0 Å². The molecule has 0 radical (unpaired) electrons. The molecule has 0 aliphatic carbocycles.